The van der Waals surface area contributed by atoms with Crippen molar-refractivity contribution in [2.45, 2.75) is 25.0 Å². The molecular formula is C13H16N2O4. The largest absolute Gasteiger partial charge is 0.479 e. The van der Waals surface area contributed by atoms with E-state index in [0.29, 0.717) is 18.5 Å². The minimum Gasteiger partial charge on any atom is -0.479 e. The minimum absolute atomic E-state index is 0.100. The SMILES string of the molecule is NC(=O)c1ccc(NCC2CCC(C(=O)O)O2)cc1. The normalized spacial score (nSPS) is 22.1. The van der Waals surface area contributed by atoms with E-state index in [2.05, 4.69) is 5.32 Å². The predicted octanol–water partition coefficient (Wildman–Crippen LogP) is 0.830. The molecule has 2 unspecified atom stereocenters. The highest BCUT2D eigenvalue weighted by atomic mass is 16.5. The Morgan fingerprint density at radius 2 is 2.00 bits per heavy atom. The van der Waals surface area contributed by atoms with Gasteiger partial charge in [0.1, 0.15) is 0 Å². The number of benzene rings is 1. The zero-order valence-corrected chi connectivity index (χ0v) is 10.3. The molecule has 1 saturated heterocycles. The Bertz CT molecular complexity index is 472. The van der Waals surface area contributed by atoms with E-state index < -0.39 is 18.0 Å². The van der Waals surface area contributed by atoms with Gasteiger partial charge in [-0.1, -0.05) is 0 Å². The third-order valence-electron chi connectivity index (χ3n) is 3.09. The van der Waals surface area contributed by atoms with E-state index in [1.165, 1.54) is 0 Å². The summed E-state index contributed by atoms with van der Waals surface area (Å²) in [5, 5.41) is 12.0. The molecule has 0 spiro atoms. The van der Waals surface area contributed by atoms with E-state index >= 15 is 0 Å². The van der Waals surface area contributed by atoms with Crippen molar-refractivity contribution in [3.8, 4) is 0 Å². The zero-order chi connectivity index (χ0) is 13.8. The molecule has 1 aromatic carbocycles. The Morgan fingerprint density at radius 3 is 2.53 bits per heavy atom. The second kappa shape index (κ2) is 5.71. The standard InChI is InChI=1S/C13H16N2O4/c14-12(16)8-1-3-9(4-2-8)15-7-10-5-6-11(19-10)13(17)18/h1-4,10-11,15H,5-7H2,(H2,14,16)(H,17,18). The summed E-state index contributed by atoms with van der Waals surface area (Å²) in [5.41, 5.74) is 6.44. The first-order valence-electron chi connectivity index (χ1n) is 6.08. The summed E-state index contributed by atoms with van der Waals surface area (Å²) in [6.45, 7) is 0.541. The highest BCUT2D eigenvalue weighted by Crippen LogP contribution is 2.20. The summed E-state index contributed by atoms with van der Waals surface area (Å²) < 4.78 is 5.37. The fourth-order valence-corrected chi connectivity index (χ4v) is 2.02. The van der Waals surface area contributed by atoms with Crippen LogP contribution in [0.3, 0.4) is 0 Å². The number of carbonyl (C=O) groups is 2. The molecule has 1 aliphatic heterocycles. The molecule has 0 radical (unpaired) electrons. The Balaban J connectivity index is 1.83. The highest BCUT2D eigenvalue weighted by Gasteiger charge is 2.30. The molecule has 4 N–H and O–H groups in total. The number of nitrogens with two attached hydrogens (primary N) is 1. The van der Waals surface area contributed by atoms with Crippen LogP contribution in [0.1, 0.15) is 23.2 Å². The van der Waals surface area contributed by atoms with Crippen molar-refractivity contribution in [1.29, 1.82) is 0 Å². The highest BCUT2D eigenvalue weighted by molar-refractivity contribution is 5.93. The van der Waals surface area contributed by atoms with Gasteiger partial charge in [0.2, 0.25) is 5.91 Å². The number of primary amides is 1. The maximum atomic E-state index is 10.9. The van der Waals surface area contributed by atoms with E-state index in [-0.39, 0.29) is 6.10 Å². The second-order valence-electron chi connectivity index (χ2n) is 4.48. The summed E-state index contributed by atoms with van der Waals surface area (Å²) in [4.78, 5) is 21.6. The van der Waals surface area contributed by atoms with Crippen LogP contribution in [0.5, 0.6) is 0 Å². The molecule has 1 aliphatic rings. The van der Waals surface area contributed by atoms with Gasteiger partial charge < -0.3 is 20.9 Å². The summed E-state index contributed by atoms with van der Waals surface area (Å²) in [5.74, 6) is -1.37. The molecular weight excluding hydrogens is 248 g/mol. The van der Waals surface area contributed by atoms with Gasteiger partial charge in [0, 0.05) is 17.8 Å². The molecule has 0 saturated carbocycles. The van der Waals surface area contributed by atoms with Gasteiger partial charge in [-0.25, -0.2) is 4.79 Å². The number of aliphatic carboxylic acids is 1. The maximum Gasteiger partial charge on any atom is 0.332 e. The fourth-order valence-electron chi connectivity index (χ4n) is 2.02. The lowest BCUT2D eigenvalue weighted by molar-refractivity contribution is -0.149. The zero-order valence-electron chi connectivity index (χ0n) is 10.3. The van der Waals surface area contributed by atoms with Gasteiger partial charge >= 0.3 is 5.97 Å². The number of anilines is 1. The van der Waals surface area contributed by atoms with Crippen molar-refractivity contribution in [2.75, 3.05) is 11.9 Å². The molecule has 2 rings (SSSR count). The quantitative estimate of drug-likeness (QED) is 0.731. The smallest absolute Gasteiger partial charge is 0.332 e. The number of rotatable bonds is 5. The Labute approximate surface area is 110 Å². The fraction of sp³-hybridized carbons (Fsp3) is 0.385. The minimum atomic E-state index is -0.909. The number of carbonyl (C=O) groups excluding carboxylic acids is 1. The van der Waals surface area contributed by atoms with Crippen LogP contribution in [-0.2, 0) is 9.53 Å². The van der Waals surface area contributed by atoms with Gasteiger partial charge in [-0.05, 0) is 37.1 Å². The van der Waals surface area contributed by atoms with Gasteiger partial charge in [0.05, 0.1) is 6.10 Å². The van der Waals surface area contributed by atoms with Crippen LogP contribution in [0, 0.1) is 0 Å². The first kappa shape index (κ1) is 13.4. The molecule has 2 atom stereocenters. The maximum absolute atomic E-state index is 10.9. The lowest BCUT2D eigenvalue weighted by Crippen LogP contribution is -2.24. The van der Waals surface area contributed by atoms with Crippen molar-refractivity contribution in [3.05, 3.63) is 29.8 Å². The van der Waals surface area contributed by atoms with Crippen LogP contribution in [0.25, 0.3) is 0 Å². The summed E-state index contributed by atoms with van der Waals surface area (Å²) >= 11 is 0. The van der Waals surface area contributed by atoms with Crippen molar-refractivity contribution in [3.63, 3.8) is 0 Å². The van der Waals surface area contributed by atoms with E-state index in [4.69, 9.17) is 15.6 Å². The summed E-state index contributed by atoms with van der Waals surface area (Å²) in [7, 11) is 0. The molecule has 0 aromatic heterocycles. The van der Waals surface area contributed by atoms with Gasteiger partial charge in [0.15, 0.2) is 6.10 Å². The molecule has 19 heavy (non-hydrogen) atoms. The van der Waals surface area contributed by atoms with Crippen molar-refractivity contribution in [1.82, 2.24) is 0 Å². The molecule has 6 heteroatoms. The van der Waals surface area contributed by atoms with E-state index in [1.54, 1.807) is 24.3 Å². The molecule has 102 valence electrons. The molecule has 1 amide bonds. The number of hydrogen-bond donors (Lipinski definition) is 3. The molecule has 0 bridgehead atoms. The van der Waals surface area contributed by atoms with Gasteiger partial charge in [-0.2, -0.15) is 0 Å². The number of carboxylic acids is 1. The Hall–Kier alpha value is -2.08. The number of carboxylic acid groups (broad SMARTS) is 1. The van der Waals surface area contributed by atoms with Crippen molar-refractivity contribution in [2.24, 2.45) is 5.73 Å². The lowest BCUT2D eigenvalue weighted by atomic mass is 10.2. The number of hydrogen-bond acceptors (Lipinski definition) is 4. The second-order valence-corrected chi connectivity index (χ2v) is 4.48. The van der Waals surface area contributed by atoms with Gasteiger partial charge in [0.25, 0.3) is 0 Å². The average molecular weight is 264 g/mol. The third kappa shape index (κ3) is 3.45. The summed E-state index contributed by atoms with van der Waals surface area (Å²) in [6, 6.07) is 6.79. The molecule has 1 heterocycles. The van der Waals surface area contributed by atoms with Crippen LogP contribution in [-0.4, -0.2) is 35.7 Å². The Kier molecular flexibility index (Phi) is 4.01. The van der Waals surface area contributed by atoms with Crippen LogP contribution >= 0.6 is 0 Å². The molecule has 6 nitrogen and oxygen atoms in total. The first-order valence-corrected chi connectivity index (χ1v) is 6.08. The number of amides is 1. The molecule has 1 aromatic rings. The van der Waals surface area contributed by atoms with E-state index in [9.17, 15) is 9.59 Å². The lowest BCUT2D eigenvalue weighted by Gasteiger charge is -2.13. The van der Waals surface area contributed by atoms with Crippen LogP contribution in [0.4, 0.5) is 5.69 Å². The van der Waals surface area contributed by atoms with E-state index in [1.807, 2.05) is 0 Å². The third-order valence-corrected chi connectivity index (χ3v) is 3.09. The van der Waals surface area contributed by atoms with Crippen molar-refractivity contribution < 1.29 is 19.4 Å². The average Bonchev–Trinajstić information content (AvgIpc) is 2.86. The van der Waals surface area contributed by atoms with Crippen molar-refractivity contribution >= 4 is 17.6 Å². The van der Waals surface area contributed by atoms with E-state index in [0.717, 1.165) is 12.1 Å². The Morgan fingerprint density at radius 1 is 1.32 bits per heavy atom. The number of nitrogens with one attached hydrogen (secondary N) is 1. The van der Waals surface area contributed by atoms with Gasteiger partial charge in [-0.3, -0.25) is 4.79 Å². The predicted molar refractivity (Wildman–Crippen MR) is 69.0 cm³/mol. The van der Waals surface area contributed by atoms with Gasteiger partial charge in [-0.15, -0.1) is 0 Å². The number of ether oxygens (including phenoxy) is 1. The topological polar surface area (TPSA) is 102 Å². The monoisotopic (exact) mass is 264 g/mol. The molecule has 1 fully saturated rings. The molecule has 0 aliphatic carbocycles. The van der Waals surface area contributed by atoms with Crippen LogP contribution < -0.4 is 11.1 Å². The van der Waals surface area contributed by atoms with Crippen LogP contribution in [0.15, 0.2) is 24.3 Å². The first-order chi connectivity index (χ1) is 9.06. The summed E-state index contributed by atoms with van der Waals surface area (Å²) in [6.07, 6.45) is 0.479. The van der Waals surface area contributed by atoms with Crippen LogP contribution in [0.2, 0.25) is 0 Å².